The van der Waals surface area contributed by atoms with Gasteiger partial charge in [-0.15, -0.1) is 0 Å². The maximum Gasteiger partial charge on any atom is 0.0595 e. The van der Waals surface area contributed by atoms with Crippen molar-refractivity contribution in [2.45, 2.75) is 25.8 Å². The van der Waals surface area contributed by atoms with Crippen molar-refractivity contribution in [2.75, 3.05) is 13.1 Å². The number of hydrogen-bond acceptors (Lipinski definition) is 2. The summed E-state index contributed by atoms with van der Waals surface area (Å²) in [5.41, 5.74) is 6.79. The van der Waals surface area contributed by atoms with Gasteiger partial charge in [0.05, 0.1) is 10.0 Å². The number of nitrogens with two attached hydrogens (primary N) is 1. The minimum atomic E-state index is -0.0176. The fraction of sp³-hybridized carbons (Fsp3) is 0.500. The third-order valence-electron chi connectivity index (χ3n) is 2.51. The van der Waals surface area contributed by atoms with Crippen molar-refractivity contribution in [3.05, 3.63) is 33.8 Å². The molecule has 4 heteroatoms. The van der Waals surface area contributed by atoms with Crippen LogP contribution in [0.2, 0.25) is 10.0 Å². The topological polar surface area (TPSA) is 38.0 Å². The molecular formula is C12H18Cl2N2. The fourth-order valence-electron chi connectivity index (χ4n) is 1.31. The van der Waals surface area contributed by atoms with E-state index in [1.807, 2.05) is 18.2 Å². The second-order valence-electron chi connectivity index (χ2n) is 4.51. The average molecular weight is 261 g/mol. The quantitative estimate of drug-likeness (QED) is 0.855. The molecule has 0 saturated carbocycles. The lowest BCUT2D eigenvalue weighted by Crippen LogP contribution is -2.46. The molecule has 0 aliphatic carbocycles. The molecule has 3 N–H and O–H groups in total. The van der Waals surface area contributed by atoms with E-state index in [0.717, 1.165) is 13.0 Å². The summed E-state index contributed by atoms with van der Waals surface area (Å²) in [5.74, 6) is 0. The normalized spacial score (nSPS) is 11.8. The van der Waals surface area contributed by atoms with Gasteiger partial charge >= 0.3 is 0 Å². The van der Waals surface area contributed by atoms with Crippen molar-refractivity contribution >= 4 is 23.2 Å². The number of hydrogen-bond donors (Lipinski definition) is 2. The van der Waals surface area contributed by atoms with Gasteiger partial charge in [-0.25, -0.2) is 0 Å². The van der Waals surface area contributed by atoms with Gasteiger partial charge in [0.1, 0.15) is 0 Å². The molecule has 1 rings (SSSR count). The summed E-state index contributed by atoms with van der Waals surface area (Å²) in [5, 5.41) is 4.60. The number of benzene rings is 1. The Morgan fingerprint density at radius 1 is 1.25 bits per heavy atom. The minimum Gasteiger partial charge on any atom is -0.329 e. The molecule has 2 nitrogen and oxygen atoms in total. The Balaban J connectivity index is 2.46. The van der Waals surface area contributed by atoms with Crippen LogP contribution in [0.25, 0.3) is 0 Å². The summed E-state index contributed by atoms with van der Waals surface area (Å²) in [6, 6.07) is 5.72. The van der Waals surface area contributed by atoms with Crippen LogP contribution in [0.5, 0.6) is 0 Å². The Kier molecular flexibility index (Phi) is 5.06. The van der Waals surface area contributed by atoms with Crippen LogP contribution in [0.1, 0.15) is 19.4 Å². The van der Waals surface area contributed by atoms with E-state index >= 15 is 0 Å². The van der Waals surface area contributed by atoms with E-state index in [4.69, 9.17) is 28.9 Å². The van der Waals surface area contributed by atoms with Crippen LogP contribution in [-0.2, 0) is 6.42 Å². The third kappa shape index (κ3) is 4.30. The van der Waals surface area contributed by atoms with E-state index in [0.29, 0.717) is 16.6 Å². The molecular weight excluding hydrogens is 243 g/mol. The Morgan fingerprint density at radius 3 is 2.50 bits per heavy atom. The van der Waals surface area contributed by atoms with Crippen molar-refractivity contribution in [3.63, 3.8) is 0 Å². The smallest absolute Gasteiger partial charge is 0.0595 e. The van der Waals surface area contributed by atoms with Crippen molar-refractivity contribution in [3.8, 4) is 0 Å². The summed E-state index contributed by atoms with van der Waals surface area (Å²) in [6.07, 6.45) is 0.917. The van der Waals surface area contributed by atoms with Crippen molar-refractivity contribution < 1.29 is 0 Å². The maximum atomic E-state index is 5.94. The van der Waals surface area contributed by atoms with E-state index in [2.05, 4.69) is 19.2 Å². The molecule has 0 aliphatic rings. The Labute approximate surface area is 107 Å². The highest BCUT2D eigenvalue weighted by atomic mass is 35.5. The molecule has 0 aromatic heterocycles. The van der Waals surface area contributed by atoms with Crippen molar-refractivity contribution in [1.29, 1.82) is 0 Å². The van der Waals surface area contributed by atoms with Crippen LogP contribution in [0.15, 0.2) is 18.2 Å². The van der Waals surface area contributed by atoms with Gasteiger partial charge in [0, 0.05) is 12.1 Å². The van der Waals surface area contributed by atoms with Crippen LogP contribution >= 0.6 is 23.2 Å². The molecule has 0 fully saturated rings. The minimum absolute atomic E-state index is 0.0176. The van der Waals surface area contributed by atoms with Gasteiger partial charge in [0.15, 0.2) is 0 Å². The molecule has 16 heavy (non-hydrogen) atoms. The molecule has 1 aromatic rings. The lowest BCUT2D eigenvalue weighted by molar-refractivity contribution is 0.402. The van der Waals surface area contributed by atoms with Crippen molar-refractivity contribution in [1.82, 2.24) is 5.32 Å². The first-order chi connectivity index (χ1) is 7.44. The average Bonchev–Trinajstić information content (AvgIpc) is 2.23. The Bertz CT molecular complexity index is 351. The van der Waals surface area contributed by atoms with Gasteiger partial charge in [-0.2, -0.15) is 0 Å². The molecule has 0 radical (unpaired) electrons. The maximum absolute atomic E-state index is 5.94. The molecule has 0 aliphatic heterocycles. The van der Waals surface area contributed by atoms with Gasteiger partial charge in [0.2, 0.25) is 0 Å². The van der Waals surface area contributed by atoms with Gasteiger partial charge in [0.25, 0.3) is 0 Å². The number of halogens is 2. The van der Waals surface area contributed by atoms with Gasteiger partial charge in [-0.05, 0) is 44.5 Å². The molecule has 0 heterocycles. The summed E-state index contributed by atoms with van der Waals surface area (Å²) in [4.78, 5) is 0. The first kappa shape index (κ1) is 13.8. The summed E-state index contributed by atoms with van der Waals surface area (Å²) in [6.45, 7) is 5.67. The summed E-state index contributed by atoms with van der Waals surface area (Å²) < 4.78 is 0. The molecule has 0 spiro atoms. The van der Waals surface area contributed by atoms with Crippen LogP contribution in [0.4, 0.5) is 0 Å². The highest BCUT2D eigenvalue weighted by molar-refractivity contribution is 6.42. The zero-order valence-electron chi connectivity index (χ0n) is 9.69. The Hall–Kier alpha value is -0.280. The predicted molar refractivity (Wildman–Crippen MR) is 71.3 cm³/mol. The van der Waals surface area contributed by atoms with E-state index in [1.165, 1.54) is 5.56 Å². The second-order valence-corrected chi connectivity index (χ2v) is 5.33. The third-order valence-corrected chi connectivity index (χ3v) is 3.25. The van der Waals surface area contributed by atoms with Gasteiger partial charge in [-0.3, -0.25) is 0 Å². The molecule has 0 saturated heterocycles. The number of rotatable bonds is 5. The zero-order chi connectivity index (χ0) is 12.2. The monoisotopic (exact) mass is 260 g/mol. The first-order valence-electron chi connectivity index (χ1n) is 5.33. The van der Waals surface area contributed by atoms with Crippen molar-refractivity contribution in [2.24, 2.45) is 5.73 Å². The predicted octanol–water partition coefficient (Wildman–Crippen LogP) is 2.86. The highest BCUT2D eigenvalue weighted by Crippen LogP contribution is 2.22. The Morgan fingerprint density at radius 2 is 1.94 bits per heavy atom. The molecule has 90 valence electrons. The lowest BCUT2D eigenvalue weighted by Gasteiger charge is -2.24. The molecule has 0 bridgehead atoms. The lowest BCUT2D eigenvalue weighted by atomic mass is 10.1. The largest absolute Gasteiger partial charge is 0.329 e. The second kappa shape index (κ2) is 5.87. The molecule has 0 atom stereocenters. The van der Waals surface area contributed by atoms with Crippen LogP contribution in [0.3, 0.4) is 0 Å². The zero-order valence-corrected chi connectivity index (χ0v) is 11.2. The fourth-order valence-corrected chi connectivity index (χ4v) is 1.63. The highest BCUT2D eigenvalue weighted by Gasteiger charge is 2.13. The van der Waals surface area contributed by atoms with E-state index in [-0.39, 0.29) is 5.54 Å². The first-order valence-corrected chi connectivity index (χ1v) is 6.09. The summed E-state index contributed by atoms with van der Waals surface area (Å²) >= 11 is 11.8. The van der Waals surface area contributed by atoms with Gasteiger partial charge < -0.3 is 11.1 Å². The standard InChI is InChI=1S/C12H18Cl2N2/c1-12(2,8-15)16-6-5-9-3-4-10(13)11(14)7-9/h3-4,7,16H,5-6,8,15H2,1-2H3. The summed E-state index contributed by atoms with van der Waals surface area (Å²) in [7, 11) is 0. The van der Waals surface area contributed by atoms with Crippen LogP contribution in [0, 0.1) is 0 Å². The van der Waals surface area contributed by atoms with Gasteiger partial charge in [-0.1, -0.05) is 29.3 Å². The molecule has 0 unspecified atom stereocenters. The molecule has 0 amide bonds. The van der Waals surface area contributed by atoms with E-state index < -0.39 is 0 Å². The SMILES string of the molecule is CC(C)(CN)NCCc1ccc(Cl)c(Cl)c1. The van der Waals surface area contributed by atoms with Crippen LogP contribution in [-0.4, -0.2) is 18.6 Å². The van der Waals surface area contributed by atoms with E-state index in [9.17, 15) is 0 Å². The number of nitrogens with one attached hydrogen (secondary N) is 1. The van der Waals surface area contributed by atoms with Crippen LogP contribution < -0.4 is 11.1 Å². The van der Waals surface area contributed by atoms with E-state index in [1.54, 1.807) is 0 Å². The molecule has 1 aromatic carbocycles.